The number of aromatic nitrogens is 2. The number of amides is 1. The molecule has 0 fully saturated rings. The van der Waals surface area contributed by atoms with Gasteiger partial charge in [0.1, 0.15) is 18.2 Å². The zero-order valence-corrected chi connectivity index (χ0v) is 16.0. The van der Waals surface area contributed by atoms with Crippen LogP contribution < -0.4 is 14.8 Å². The summed E-state index contributed by atoms with van der Waals surface area (Å²) < 4.78 is 11.1. The average molecular weight is 393 g/mol. The van der Waals surface area contributed by atoms with Crippen molar-refractivity contribution in [2.75, 3.05) is 18.5 Å². The number of rotatable bonds is 3. The number of hydrogen-bond donors (Lipinski definition) is 1. The van der Waals surface area contributed by atoms with Gasteiger partial charge in [0.05, 0.1) is 5.69 Å². The highest BCUT2D eigenvalue weighted by molar-refractivity contribution is 7.15. The summed E-state index contributed by atoms with van der Waals surface area (Å²) in [7, 11) is 0. The van der Waals surface area contributed by atoms with Crippen LogP contribution in [0, 0.1) is 5.92 Å². The van der Waals surface area contributed by atoms with Crippen molar-refractivity contribution in [2.24, 2.45) is 5.92 Å². The molecule has 3 aromatic rings. The van der Waals surface area contributed by atoms with Gasteiger partial charge in [-0.3, -0.25) is 9.78 Å². The van der Waals surface area contributed by atoms with E-state index in [0.717, 1.165) is 47.0 Å². The number of ether oxygens (including phenoxy) is 2. The van der Waals surface area contributed by atoms with Gasteiger partial charge in [0.15, 0.2) is 11.5 Å². The molecule has 1 unspecified atom stereocenters. The van der Waals surface area contributed by atoms with Crippen LogP contribution in [0.25, 0.3) is 10.6 Å². The largest absolute Gasteiger partial charge is 0.486 e. The lowest BCUT2D eigenvalue weighted by Gasteiger charge is -2.22. The van der Waals surface area contributed by atoms with Gasteiger partial charge < -0.3 is 14.8 Å². The third-order valence-electron chi connectivity index (χ3n) is 5.03. The van der Waals surface area contributed by atoms with E-state index in [2.05, 4.69) is 10.3 Å². The summed E-state index contributed by atoms with van der Waals surface area (Å²) in [5.41, 5.74) is 2.88. The molecule has 142 valence electrons. The Bertz CT molecular complexity index is 1020. The fraction of sp³-hybridized carbons (Fsp3) is 0.286. The van der Waals surface area contributed by atoms with Gasteiger partial charge in [-0.1, -0.05) is 0 Å². The number of pyridine rings is 1. The third-order valence-corrected chi connectivity index (χ3v) is 6.20. The number of nitrogens with one attached hydrogen (secondary N) is 1. The van der Waals surface area contributed by atoms with Crippen molar-refractivity contribution in [2.45, 2.75) is 19.3 Å². The second kappa shape index (κ2) is 7.24. The lowest BCUT2D eigenvalue weighted by molar-refractivity contribution is -0.120. The molecule has 0 saturated heterocycles. The van der Waals surface area contributed by atoms with Gasteiger partial charge in [-0.25, -0.2) is 4.98 Å². The molecule has 1 atom stereocenters. The zero-order valence-electron chi connectivity index (χ0n) is 15.2. The van der Waals surface area contributed by atoms with Gasteiger partial charge in [-0.15, -0.1) is 11.3 Å². The van der Waals surface area contributed by atoms with Crippen molar-refractivity contribution < 1.29 is 14.3 Å². The Morgan fingerprint density at radius 2 is 2.07 bits per heavy atom. The smallest absolute Gasteiger partial charge is 0.227 e. The van der Waals surface area contributed by atoms with Crippen LogP contribution in [0.2, 0.25) is 0 Å². The summed E-state index contributed by atoms with van der Waals surface area (Å²) >= 11 is 1.67. The van der Waals surface area contributed by atoms with E-state index in [1.165, 1.54) is 4.88 Å². The number of carbonyl (C=O) groups is 1. The predicted octanol–water partition coefficient (Wildman–Crippen LogP) is 3.72. The zero-order chi connectivity index (χ0) is 18.9. The van der Waals surface area contributed by atoms with Gasteiger partial charge in [0.2, 0.25) is 5.91 Å². The first kappa shape index (κ1) is 17.2. The number of aryl methyl sites for hydroxylation is 1. The number of nitrogens with zero attached hydrogens (tertiary/aromatic N) is 2. The maximum Gasteiger partial charge on any atom is 0.227 e. The number of hydrogen-bond acceptors (Lipinski definition) is 6. The summed E-state index contributed by atoms with van der Waals surface area (Å²) in [6.45, 7) is 1.08. The second-order valence-corrected chi connectivity index (χ2v) is 8.00. The van der Waals surface area contributed by atoms with E-state index in [-0.39, 0.29) is 11.8 Å². The first-order chi connectivity index (χ1) is 13.8. The highest BCUT2D eigenvalue weighted by Gasteiger charge is 2.28. The first-order valence-electron chi connectivity index (χ1n) is 9.36. The number of benzene rings is 1. The molecular weight excluding hydrogens is 374 g/mol. The molecule has 1 N–H and O–H groups in total. The van der Waals surface area contributed by atoms with E-state index in [4.69, 9.17) is 14.5 Å². The fourth-order valence-electron chi connectivity index (χ4n) is 3.58. The van der Waals surface area contributed by atoms with E-state index in [0.29, 0.717) is 19.0 Å². The number of thiazole rings is 1. The Kier molecular flexibility index (Phi) is 4.44. The van der Waals surface area contributed by atoms with Crippen LogP contribution in [0.5, 0.6) is 11.5 Å². The topological polar surface area (TPSA) is 73.3 Å². The number of anilines is 1. The quantitative estimate of drug-likeness (QED) is 0.734. The van der Waals surface area contributed by atoms with Gasteiger partial charge in [-0.2, -0.15) is 0 Å². The van der Waals surface area contributed by atoms with Crippen LogP contribution in [0.1, 0.15) is 17.0 Å². The van der Waals surface area contributed by atoms with Crippen molar-refractivity contribution in [3.8, 4) is 22.1 Å². The van der Waals surface area contributed by atoms with E-state index in [1.54, 1.807) is 17.5 Å². The molecule has 6 nitrogen and oxygen atoms in total. The van der Waals surface area contributed by atoms with E-state index >= 15 is 0 Å². The average Bonchev–Trinajstić information content (AvgIpc) is 3.18. The van der Waals surface area contributed by atoms with E-state index in [1.807, 2.05) is 36.5 Å². The van der Waals surface area contributed by atoms with Crippen LogP contribution >= 0.6 is 11.3 Å². The van der Waals surface area contributed by atoms with Crippen molar-refractivity contribution >= 4 is 22.9 Å². The second-order valence-electron chi connectivity index (χ2n) is 6.92. The SMILES string of the molecule is O=C(Nc1ccc2c(c1)OCCO2)C1CCc2nc(-c3cccnc3)sc2C1. The molecule has 3 heterocycles. The molecule has 0 saturated carbocycles. The molecule has 1 aliphatic carbocycles. The Balaban J connectivity index is 1.29. The van der Waals surface area contributed by atoms with E-state index in [9.17, 15) is 4.79 Å². The monoisotopic (exact) mass is 393 g/mol. The number of fused-ring (bicyclic) bond motifs is 2. The summed E-state index contributed by atoms with van der Waals surface area (Å²) in [5, 5.41) is 4.01. The fourth-order valence-corrected chi connectivity index (χ4v) is 4.75. The van der Waals surface area contributed by atoms with Crippen LogP contribution in [-0.4, -0.2) is 29.1 Å². The lowest BCUT2D eigenvalue weighted by Crippen LogP contribution is -2.27. The predicted molar refractivity (Wildman–Crippen MR) is 107 cm³/mol. The standard InChI is InChI=1S/C21H19N3O3S/c25-20(23-15-4-6-17-18(11-15)27-9-8-26-17)13-3-5-16-19(10-13)28-21(24-16)14-2-1-7-22-12-14/h1-2,4,6-7,11-13H,3,5,8-10H2,(H,23,25). The molecule has 1 amide bonds. The lowest BCUT2D eigenvalue weighted by atomic mass is 9.90. The minimum absolute atomic E-state index is 0.0404. The van der Waals surface area contributed by atoms with Gasteiger partial charge in [-0.05, 0) is 43.5 Å². The molecular formula is C21H19N3O3S. The van der Waals surface area contributed by atoms with Gasteiger partial charge in [0, 0.05) is 40.5 Å². The maximum absolute atomic E-state index is 12.8. The Hall–Kier alpha value is -2.93. The molecule has 7 heteroatoms. The van der Waals surface area contributed by atoms with Crippen molar-refractivity contribution in [3.63, 3.8) is 0 Å². The summed E-state index contributed by atoms with van der Waals surface area (Å²) in [5.74, 6) is 1.39. The van der Waals surface area contributed by atoms with Crippen LogP contribution in [0.15, 0.2) is 42.7 Å². The highest BCUT2D eigenvalue weighted by atomic mass is 32.1. The van der Waals surface area contributed by atoms with Gasteiger partial charge >= 0.3 is 0 Å². The summed E-state index contributed by atoms with van der Waals surface area (Å²) in [6.07, 6.45) is 5.94. The van der Waals surface area contributed by atoms with Gasteiger partial charge in [0.25, 0.3) is 0 Å². The molecule has 0 bridgehead atoms. The summed E-state index contributed by atoms with van der Waals surface area (Å²) in [4.78, 5) is 22.9. The van der Waals surface area contributed by atoms with Crippen LogP contribution in [0.4, 0.5) is 5.69 Å². The van der Waals surface area contributed by atoms with Crippen molar-refractivity contribution in [1.29, 1.82) is 0 Å². The Labute approximate surface area is 166 Å². The molecule has 1 aliphatic heterocycles. The molecule has 0 radical (unpaired) electrons. The molecule has 2 aliphatic rings. The molecule has 2 aromatic heterocycles. The molecule has 28 heavy (non-hydrogen) atoms. The molecule has 5 rings (SSSR count). The highest BCUT2D eigenvalue weighted by Crippen LogP contribution is 2.36. The maximum atomic E-state index is 12.8. The summed E-state index contributed by atoms with van der Waals surface area (Å²) in [6, 6.07) is 9.45. The first-order valence-corrected chi connectivity index (χ1v) is 10.2. The van der Waals surface area contributed by atoms with E-state index < -0.39 is 0 Å². The minimum Gasteiger partial charge on any atom is -0.486 e. The van der Waals surface area contributed by atoms with Crippen molar-refractivity contribution in [3.05, 3.63) is 53.3 Å². The number of carbonyl (C=O) groups excluding carboxylic acids is 1. The van der Waals surface area contributed by atoms with Crippen molar-refractivity contribution in [1.82, 2.24) is 9.97 Å². The Morgan fingerprint density at radius 3 is 2.93 bits per heavy atom. The van der Waals surface area contributed by atoms with Crippen LogP contribution in [0.3, 0.4) is 0 Å². The third kappa shape index (κ3) is 3.33. The van der Waals surface area contributed by atoms with Crippen LogP contribution in [-0.2, 0) is 17.6 Å². The Morgan fingerprint density at radius 1 is 1.18 bits per heavy atom. The molecule has 0 spiro atoms. The minimum atomic E-state index is -0.0529. The molecule has 1 aromatic carbocycles. The normalized spacial score (nSPS) is 17.6.